The van der Waals surface area contributed by atoms with Gasteiger partial charge in [0.2, 0.25) is 0 Å². The van der Waals surface area contributed by atoms with Crippen LogP contribution in [0.25, 0.3) is 8.47 Å². The number of rotatable bonds is 4. The van der Waals surface area contributed by atoms with Crippen molar-refractivity contribution in [1.29, 1.82) is 0 Å². The standard InChI is InChI=1S/C13H10Br2S9/c1-3-17-10-11(18-4-2)24-13(23-10)12-19-5(8(16)22-12)9-20-6(14)7(15)21-9/h3-4H2,1-2H3. The molecule has 0 aliphatic carbocycles. The molecule has 1 aromatic heterocycles. The Morgan fingerprint density at radius 3 is 1.88 bits per heavy atom. The number of hydrogen-bond acceptors (Lipinski definition) is 9. The molecule has 0 amide bonds. The van der Waals surface area contributed by atoms with Gasteiger partial charge in [-0.05, 0) is 43.4 Å². The molecular weight excluding hydrogens is 605 g/mol. The van der Waals surface area contributed by atoms with Gasteiger partial charge < -0.3 is 0 Å². The fourth-order valence-corrected chi connectivity index (χ4v) is 15.0. The van der Waals surface area contributed by atoms with E-state index in [2.05, 4.69) is 45.7 Å². The second-order valence-electron chi connectivity index (χ2n) is 4.08. The predicted molar refractivity (Wildman–Crippen MR) is 138 cm³/mol. The lowest BCUT2D eigenvalue weighted by molar-refractivity contribution is 1.53. The minimum absolute atomic E-state index is 1.00. The second-order valence-corrected chi connectivity index (χ2v) is 17.3. The maximum atomic E-state index is 5.66. The van der Waals surface area contributed by atoms with Gasteiger partial charge in [0.05, 0.1) is 29.1 Å². The van der Waals surface area contributed by atoms with Crippen LogP contribution in [0.4, 0.5) is 0 Å². The van der Waals surface area contributed by atoms with Crippen molar-refractivity contribution in [3.05, 3.63) is 28.3 Å². The molecule has 0 saturated carbocycles. The molecule has 0 unspecified atom stereocenters. The first-order chi connectivity index (χ1) is 11.5. The van der Waals surface area contributed by atoms with E-state index in [0.717, 1.165) is 23.0 Å². The van der Waals surface area contributed by atoms with Crippen LogP contribution in [0.15, 0.2) is 16.1 Å². The fraction of sp³-hybridized carbons (Fsp3) is 0.308. The van der Waals surface area contributed by atoms with Gasteiger partial charge in [-0.3, -0.25) is 0 Å². The van der Waals surface area contributed by atoms with Gasteiger partial charge in [-0.25, -0.2) is 0 Å². The summed E-state index contributed by atoms with van der Waals surface area (Å²) >= 11 is 27.7. The van der Waals surface area contributed by atoms with Crippen LogP contribution in [-0.4, -0.2) is 11.5 Å². The maximum Gasteiger partial charge on any atom is 0.110 e. The van der Waals surface area contributed by atoms with Crippen molar-refractivity contribution < 1.29 is 0 Å². The molecule has 0 bridgehead atoms. The zero-order chi connectivity index (χ0) is 17.3. The van der Waals surface area contributed by atoms with Crippen LogP contribution >= 0.6 is 137 Å². The monoisotopic (exact) mass is 612 g/mol. The molecule has 3 rings (SSSR count). The third-order valence-electron chi connectivity index (χ3n) is 2.53. The van der Waals surface area contributed by atoms with Gasteiger partial charge in [0, 0.05) is 0 Å². The van der Waals surface area contributed by atoms with Crippen molar-refractivity contribution in [3.63, 3.8) is 0 Å². The SMILES string of the molecule is CCSC1=C(SCC)SC(=c2sc(=S)c(=C3SC(Br)=C(Br)S3)s2)S1. The lowest BCUT2D eigenvalue weighted by Crippen LogP contribution is -1.96. The zero-order valence-corrected chi connectivity index (χ0v) is 22.9. The average molecular weight is 615 g/mol. The Labute approximate surface area is 196 Å². The van der Waals surface area contributed by atoms with Gasteiger partial charge >= 0.3 is 0 Å². The molecular formula is C13H10Br2S9. The Kier molecular flexibility index (Phi) is 8.72. The van der Waals surface area contributed by atoms with Gasteiger partial charge in [-0.2, -0.15) is 0 Å². The number of halogens is 2. The Bertz CT molecular complexity index is 853. The Morgan fingerprint density at radius 2 is 1.38 bits per heavy atom. The smallest absolute Gasteiger partial charge is 0.110 e. The minimum Gasteiger partial charge on any atom is -0.119 e. The minimum atomic E-state index is 1.00. The molecule has 0 fully saturated rings. The maximum absolute atomic E-state index is 5.66. The highest BCUT2D eigenvalue weighted by molar-refractivity contribution is 9.17. The molecule has 2 aliphatic rings. The van der Waals surface area contributed by atoms with E-state index < -0.39 is 0 Å². The van der Waals surface area contributed by atoms with Crippen LogP contribution < -0.4 is 8.38 Å². The van der Waals surface area contributed by atoms with Crippen LogP contribution in [-0.2, 0) is 0 Å². The summed E-state index contributed by atoms with van der Waals surface area (Å²) in [5, 5.41) is 0. The molecule has 0 aromatic carbocycles. The summed E-state index contributed by atoms with van der Waals surface area (Å²) in [5.41, 5.74) is 0. The Hall–Kier alpha value is 2.55. The van der Waals surface area contributed by atoms with Gasteiger partial charge in [0.25, 0.3) is 0 Å². The van der Waals surface area contributed by atoms with E-state index >= 15 is 0 Å². The van der Waals surface area contributed by atoms with E-state index in [0.29, 0.717) is 0 Å². The van der Waals surface area contributed by atoms with E-state index in [-0.39, 0.29) is 0 Å². The highest BCUT2D eigenvalue weighted by Gasteiger charge is 2.24. The van der Waals surface area contributed by atoms with E-state index in [9.17, 15) is 0 Å². The summed E-state index contributed by atoms with van der Waals surface area (Å²) in [4.78, 5) is 0. The molecule has 1 aromatic rings. The molecule has 11 heteroatoms. The highest BCUT2D eigenvalue weighted by atomic mass is 79.9. The van der Waals surface area contributed by atoms with Gasteiger partial charge in [-0.15, -0.1) is 46.2 Å². The van der Waals surface area contributed by atoms with Crippen molar-refractivity contribution in [2.75, 3.05) is 11.5 Å². The van der Waals surface area contributed by atoms with Crippen molar-refractivity contribution >= 4 is 146 Å². The molecule has 0 radical (unpaired) electrons. The van der Waals surface area contributed by atoms with E-state index in [1.807, 2.05) is 58.4 Å². The summed E-state index contributed by atoms with van der Waals surface area (Å²) in [7, 11) is 0. The first-order valence-corrected chi connectivity index (χ1v) is 15.5. The fourth-order valence-electron chi connectivity index (χ4n) is 1.65. The van der Waals surface area contributed by atoms with Crippen LogP contribution in [0.3, 0.4) is 0 Å². The highest BCUT2D eigenvalue weighted by Crippen LogP contribution is 2.58. The molecule has 24 heavy (non-hydrogen) atoms. The average Bonchev–Trinajstić information content (AvgIpc) is 3.20. The third-order valence-corrected chi connectivity index (χ3v) is 16.6. The van der Waals surface area contributed by atoms with Crippen molar-refractivity contribution in [1.82, 2.24) is 0 Å². The summed E-state index contributed by atoms with van der Waals surface area (Å²) in [6, 6.07) is 0. The lowest BCUT2D eigenvalue weighted by atomic mass is 10.9. The van der Waals surface area contributed by atoms with Crippen LogP contribution in [0.2, 0.25) is 0 Å². The number of thioether (sulfide) groups is 6. The van der Waals surface area contributed by atoms with Crippen molar-refractivity contribution in [2.45, 2.75) is 13.8 Å². The first-order valence-electron chi connectivity index (χ1n) is 6.68. The summed E-state index contributed by atoms with van der Waals surface area (Å²) < 4.78 is 11.5. The van der Waals surface area contributed by atoms with Crippen LogP contribution in [0.5, 0.6) is 0 Å². The zero-order valence-electron chi connectivity index (χ0n) is 12.3. The molecule has 0 nitrogen and oxygen atoms in total. The topological polar surface area (TPSA) is 0 Å². The molecule has 0 saturated heterocycles. The van der Waals surface area contributed by atoms with Crippen LogP contribution in [0, 0.1) is 3.82 Å². The first kappa shape index (κ1) is 21.3. The van der Waals surface area contributed by atoms with Gasteiger partial charge in [0.15, 0.2) is 0 Å². The Morgan fingerprint density at radius 1 is 0.833 bits per heavy atom. The second kappa shape index (κ2) is 9.84. The van der Waals surface area contributed by atoms with E-state index in [1.54, 1.807) is 34.9 Å². The molecule has 0 N–H and O–H groups in total. The normalized spacial score (nSPS) is 18.5. The molecule has 0 spiro atoms. The van der Waals surface area contributed by atoms with Crippen LogP contribution in [0.1, 0.15) is 13.8 Å². The van der Waals surface area contributed by atoms with Gasteiger partial charge in [-0.1, -0.05) is 73.1 Å². The summed E-state index contributed by atoms with van der Waals surface area (Å²) in [6.45, 7) is 4.44. The quantitative estimate of drug-likeness (QED) is 0.310. The van der Waals surface area contributed by atoms with E-state index in [1.165, 1.54) is 25.3 Å². The Balaban J connectivity index is 1.98. The lowest BCUT2D eigenvalue weighted by Gasteiger charge is -1.99. The van der Waals surface area contributed by atoms with Gasteiger partial charge in [0.1, 0.15) is 7.67 Å². The predicted octanol–water partition coefficient (Wildman–Crippen LogP) is 8.18. The summed E-state index contributed by atoms with van der Waals surface area (Å²) in [5.74, 6) is 2.24. The molecule has 0 atom stereocenters. The molecule has 130 valence electrons. The number of hydrogen-bond donors (Lipinski definition) is 0. The van der Waals surface area contributed by atoms with Crippen molar-refractivity contribution in [2.24, 2.45) is 0 Å². The largest absolute Gasteiger partial charge is 0.119 e. The van der Waals surface area contributed by atoms with Crippen molar-refractivity contribution in [3.8, 4) is 0 Å². The molecule has 3 heterocycles. The third kappa shape index (κ3) is 4.93. The van der Waals surface area contributed by atoms with E-state index in [4.69, 9.17) is 12.2 Å². The summed E-state index contributed by atoms with van der Waals surface area (Å²) in [6.07, 6.45) is 0. The molecule has 2 aliphatic heterocycles.